The first-order valence-corrected chi connectivity index (χ1v) is 17.6. The molecule has 0 unspecified atom stereocenters. The molecular weight excluding hydrogens is 667 g/mol. The van der Waals surface area contributed by atoms with Crippen molar-refractivity contribution in [1.29, 1.82) is 0 Å². The van der Waals surface area contributed by atoms with Crippen molar-refractivity contribution in [3.05, 3.63) is 26.3 Å². The molecule has 0 aromatic carbocycles. The van der Waals surface area contributed by atoms with Gasteiger partial charge in [0.15, 0.2) is 6.23 Å². The lowest BCUT2D eigenvalue weighted by atomic mass is 10.2. The molecule has 0 saturated carbocycles. The van der Waals surface area contributed by atoms with Crippen LogP contribution in [-0.4, -0.2) is 81.4 Å². The zero-order valence-corrected chi connectivity index (χ0v) is 27.9. The van der Waals surface area contributed by atoms with Crippen molar-refractivity contribution in [2.45, 2.75) is 36.3 Å². The maximum absolute atomic E-state index is 11.4. The van der Waals surface area contributed by atoms with E-state index < -0.39 is 29.4 Å². The maximum Gasteiger partial charge on any atom is 0.539 e. The van der Waals surface area contributed by atoms with Crippen LogP contribution < -0.4 is 0 Å². The highest BCUT2D eigenvalue weighted by Crippen LogP contribution is 2.23. The minimum absolute atomic E-state index is 0.00433. The molecule has 0 aliphatic carbocycles. The fourth-order valence-corrected chi connectivity index (χ4v) is 3.25. The second-order valence-corrected chi connectivity index (χ2v) is 21.9. The number of carbonyl (C=O) groups excluding carboxylic acids is 2. The smallest absolute Gasteiger partial charge is 0.464 e. The van der Waals surface area contributed by atoms with Crippen LogP contribution in [0.3, 0.4) is 0 Å². The van der Waals surface area contributed by atoms with E-state index in [2.05, 4.69) is 58.2 Å². The van der Waals surface area contributed by atoms with E-state index in [0.717, 1.165) is 7.11 Å². The number of aliphatic hydroxyl groups excluding tert-OH is 1. The van der Waals surface area contributed by atoms with Crippen LogP contribution in [0.15, 0.2) is 26.3 Å². The van der Waals surface area contributed by atoms with Crippen LogP contribution in [0, 0.1) is 0 Å². The first-order chi connectivity index (χ1) is 14.9. The SMILES string of the molecule is C=C.C=C.CC(C)(Br)C(=O)OC[Si](Cl)(Cl)Cl.CO.CO[Si](COC(=O)C(C)(C)Br)(OC)OC. The van der Waals surface area contributed by atoms with E-state index in [4.69, 9.17) is 61.1 Å². The molecule has 0 saturated heterocycles. The summed E-state index contributed by atoms with van der Waals surface area (Å²) in [5, 5.41) is 7.00. The molecule has 8 nitrogen and oxygen atoms in total. The second-order valence-electron chi connectivity index (χ2n) is 6.01. The van der Waals surface area contributed by atoms with Gasteiger partial charge in [-0.1, -0.05) is 31.9 Å². The van der Waals surface area contributed by atoms with Gasteiger partial charge in [-0.05, 0) is 27.7 Å². The van der Waals surface area contributed by atoms with Crippen molar-refractivity contribution in [2.24, 2.45) is 0 Å². The van der Waals surface area contributed by atoms with Gasteiger partial charge in [0, 0.05) is 28.4 Å². The topological polar surface area (TPSA) is 101 Å². The van der Waals surface area contributed by atoms with E-state index >= 15 is 0 Å². The third-order valence-corrected chi connectivity index (χ3v) is 7.12. The lowest BCUT2D eigenvalue weighted by molar-refractivity contribution is -0.145. The van der Waals surface area contributed by atoms with Crippen molar-refractivity contribution in [1.82, 2.24) is 0 Å². The van der Waals surface area contributed by atoms with Gasteiger partial charge in [0.2, 0.25) is 0 Å². The maximum atomic E-state index is 11.4. The van der Waals surface area contributed by atoms with E-state index in [0.29, 0.717) is 0 Å². The molecular formula is C18H37Br2Cl3O8Si2. The molecule has 0 aliphatic heterocycles. The van der Waals surface area contributed by atoms with Crippen molar-refractivity contribution in [3.63, 3.8) is 0 Å². The average molecular weight is 704 g/mol. The third-order valence-electron chi connectivity index (χ3n) is 2.65. The number of halogens is 5. The Bertz CT molecular complexity index is 500. The van der Waals surface area contributed by atoms with Gasteiger partial charge in [0.1, 0.15) is 14.9 Å². The van der Waals surface area contributed by atoms with Crippen LogP contribution >= 0.6 is 65.1 Å². The van der Waals surface area contributed by atoms with Gasteiger partial charge in [-0.25, -0.2) is 0 Å². The first-order valence-electron chi connectivity index (χ1n) is 8.83. The number of rotatable bonds is 9. The Morgan fingerprint density at radius 2 is 1.00 bits per heavy atom. The molecule has 0 spiro atoms. The quantitative estimate of drug-likeness (QED) is 0.115. The zero-order chi connectivity index (χ0) is 28.1. The predicted molar refractivity (Wildman–Crippen MR) is 149 cm³/mol. The number of alkyl halides is 2. The van der Waals surface area contributed by atoms with Crippen molar-refractivity contribution >= 4 is 91.8 Å². The van der Waals surface area contributed by atoms with E-state index in [1.165, 1.54) is 21.3 Å². The minimum atomic E-state index is -2.85. The number of hydrogen-bond acceptors (Lipinski definition) is 8. The number of carbonyl (C=O) groups is 2. The number of ether oxygens (including phenoxy) is 2. The normalized spacial score (nSPS) is 10.8. The highest BCUT2D eigenvalue weighted by atomic mass is 79.9. The fraction of sp³-hybridized carbons (Fsp3) is 0.667. The largest absolute Gasteiger partial charge is 0.539 e. The lowest BCUT2D eigenvalue weighted by Crippen LogP contribution is -2.49. The Labute approximate surface area is 231 Å². The third kappa shape index (κ3) is 27.0. The fourth-order valence-electron chi connectivity index (χ4n) is 1.07. The summed E-state index contributed by atoms with van der Waals surface area (Å²) >= 11 is 22.8. The average Bonchev–Trinajstić information content (AvgIpc) is 2.76. The molecule has 0 amide bonds. The van der Waals surface area contributed by atoms with E-state index in [1.54, 1.807) is 27.7 Å². The molecule has 0 rings (SSSR count). The van der Waals surface area contributed by atoms with E-state index in [-0.39, 0.29) is 18.4 Å². The van der Waals surface area contributed by atoms with Gasteiger partial charge in [-0.2, -0.15) is 0 Å². The summed E-state index contributed by atoms with van der Waals surface area (Å²) in [5.74, 6) is -0.813. The first kappa shape index (κ1) is 43.6. The Balaban J connectivity index is -0.000000131. The Morgan fingerprint density at radius 1 is 0.758 bits per heavy atom. The van der Waals surface area contributed by atoms with Gasteiger partial charge in [-0.15, -0.1) is 59.6 Å². The summed E-state index contributed by atoms with van der Waals surface area (Å²) in [5.41, 5.74) is 0. The molecule has 0 atom stereocenters. The van der Waals surface area contributed by atoms with Crippen LogP contribution in [0.1, 0.15) is 27.7 Å². The van der Waals surface area contributed by atoms with Crippen LogP contribution in [0.4, 0.5) is 0 Å². The van der Waals surface area contributed by atoms with Crippen molar-refractivity contribution in [3.8, 4) is 0 Å². The van der Waals surface area contributed by atoms with Crippen LogP contribution in [0.5, 0.6) is 0 Å². The zero-order valence-electron chi connectivity index (χ0n) is 20.4. The summed E-state index contributed by atoms with van der Waals surface area (Å²) in [7, 11) is 2.57. The van der Waals surface area contributed by atoms with E-state index in [9.17, 15) is 9.59 Å². The van der Waals surface area contributed by atoms with Crippen molar-refractivity contribution < 1.29 is 37.4 Å². The van der Waals surface area contributed by atoms with Gasteiger partial charge >= 0.3 is 26.7 Å². The number of esters is 2. The van der Waals surface area contributed by atoms with Gasteiger partial charge in [0.25, 0.3) is 0 Å². The highest BCUT2D eigenvalue weighted by Gasteiger charge is 2.41. The van der Waals surface area contributed by atoms with Crippen LogP contribution in [0.2, 0.25) is 0 Å². The van der Waals surface area contributed by atoms with Crippen LogP contribution in [0.25, 0.3) is 0 Å². The molecule has 0 heterocycles. The Hall–Kier alpha value is 0.524. The van der Waals surface area contributed by atoms with Gasteiger partial charge in [-0.3, -0.25) is 9.59 Å². The molecule has 0 aromatic rings. The lowest BCUT2D eigenvalue weighted by Gasteiger charge is -2.25. The van der Waals surface area contributed by atoms with E-state index in [1.807, 2.05) is 0 Å². The van der Waals surface area contributed by atoms with Crippen LogP contribution in [-0.2, 0) is 32.3 Å². The summed E-state index contributed by atoms with van der Waals surface area (Å²) in [6.45, 7) is 18.7. The molecule has 15 heteroatoms. The molecule has 0 radical (unpaired) electrons. The molecule has 0 aromatic heterocycles. The Kier molecular flexibility index (Phi) is 30.3. The number of aliphatic hydroxyl groups is 1. The minimum Gasteiger partial charge on any atom is -0.464 e. The molecule has 0 aliphatic rings. The molecule has 0 bridgehead atoms. The van der Waals surface area contributed by atoms with Crippen molar-refractivity contribution in [2.75, 3.05) is 40.9 Å². The second kappa shape index (κ2) is 23.0. The highest BCUT2D eigenvalue weighted by molar-refractivity contribution is 9.10. The summed E-state index contributed by atoms with van der Waals surface area (Å²) < 4.78 is 23.7. The molecule has 1 N–H and O–H groups in total. The van der Waals surface area contributed by atoms with Gasteiger partial charge < -0.3 is 27.9 Å². The summed E-state index contributed by atoms with van der Waals surface area (Å²) in [6, 6.07) is -2.85. The standard InChI is InChI=1S/C8H17BrO5Si.C5H8BrCl3O2Si.2C2H4.CH4O/c1-8(2,9)7(10)14-6-15(11-3,12-4)13-5;1-5(2,6)4(10)11-3-12(7,8)9;3*1-2/h6H2,1-5H3;3H2,1-2H3;2*1-2H2;2H,1H3. The summed E-state index contributed by atoms with van der Waals surface area (Å²) in [6.07, 6.45) is -0.101. The molecule has 33 heavy (non-hydrogen) atoms. The Morgan fingerprint density at radius 3 is 1.18 bits per heavy atom. The number of hydrogen-bond donors (Lipinski definition) is 1. The monoisotopic (exact) mass is 700 g/mol. The molecule has 0 fully saturated rings. The molecule has 200 valence electrons. The predicted octanol–water partition coefficient (Wildman–Crippen LogP) is 5.23. The van der Waals surface area contributed by atoms with Gasteiger partial charge in [0.05, 0.1) is 0 Å². The summed E-state index contributed by atoms with van der Waals surface area (Å²) in [4.78, 5) is 22.5.